The molecule has 2 aromatic rings. The minimum atomic E-state index is -0.553. The number of aromatic amines is 1. The van der Waals surface area contributed by atoms with Crippen molar-refractivity contribution in [1.29, 1.82) is 5.26 Å². The number of esters is 2. The van der Waals surface area contributed by atoms with E-state index in [1.807, 2.05) is 6.07 Å². The lowest BCUT2D eigenvalue weighted by Crippen LogP contribution is -2.09. The number of rotatable bonds is 5. The summed E-state index contributed by atoms with van der Waals surface area (Å²) in [5, 5.41) is 8.88. The molecule has 6 heteroatoms. The van der Waals surface area contributed by atoms with Crippen molar-refractivity contribution in [2.75, 3.05) is 13.2 Å². The fourth-order valence-electron chi connectivity index (χ4n) is 2.17. The number of nitrogens with zero attached hydrogens (tertiary/aromatic N) is 1. The smallest absolute Gasteiger partial charge is 0.355 e. The molecule has 2 rings (SSSR count). The maximum Gasteiger partial charge on any atom is 0.355 e. The second-order valence-corrected chi connectivity index (χ2v) is 4.58. The number of H-pyrrole nitrogens is 1. The topological polar surface area (TPSA) is 92.2 Å². The van der Waals surface area contributed by atoms with E-state index >= 15 is 0 Å². The predicted octanol–water partition coefficient (Wildman–Crippen LogP) is 2.91. The van der Waals surface area contributed by atoms with Crippen LogP contribution >= 0.6 is 0 Å². The number of nitrogens with one attached hydrogen (secondary N) is 1. The Hall–Kier alpha value is -3.07. The van der Waals surface area contributed by atoms with Gasteiger partial charge >= 0.3 is 11.9 Å². The Bertz CT molecular complexity index is 718. The number of hydrogen-bond acceptors (Lipinski definition) is 5. The normalized spacial score (nSPS) is 9.96. The van der Waals surface area contributed by atoms with Crippen molar-refractivity contribution in [3.8, 4) is 17.2 Å². The van der Waals surface area contributed by atoms with Crippen LogP contribution in [0.25, 0.3) is 11.1 Å². The van der Waals surface area contributed by atoms with Crippen LogP contribution in [0, 0.1) is 11.3 Å². The van der Waals surface area contributed by atoms with Crippen LogP contribution < -0.4 is 0 Å². The maximum absolute atomic E-state index is 12.1. The van der Waals surface area contributed by atoms with Gasteiger partial charge in [-0.1, -0.05) is 12.1 Å². The second-order valence-electron chi connectivity index (χ2n) is 4.58. The van der Waals surface area contributed by atoms with Crippen LogP contribution in [0.5, 0.6) is 0 Å². The molecule has 1 aromatic carbocycles. The molecule has 0 aliphatic heterocycles. The second kappa shape index (κ2) is 7.27. The van der Waals surface area contributed by atoms with Crippen molar-refractivity contribution in [2.24, 2.45) is 0 Å². The molecule has 0 bridgehead atoms. The van der Waals surface area contributed by atoms with E-state index in [-0.39, 0.29) is 24.5 Å². The first-order valence-electron chi connectivity index (χ1n) is 7.18. The van der Waals surface area contributed by atoms with Crippen LogP contribution in [0.15, 0.2) is 30.5 Å². The van der Waals surface area contributed by atoms with E-state index in [1.54, 1.807) is 38.1 Å². The Morgan fingerprint density at radius 2 is 1.70 bits per heavy atom. The number of ether oxygens (including phenoxy) is 2. The van der Waals surface area contributed by atoms with Crippen LogP contribution in [-0.2, 0) is 9.47 Å². The average molecular weight is 312 g/mol. The van der Waals surface area contributed by atoms with Crippen LogP contribution in [0.3, 0.4) is 0 Å². The number of hydrogen-bond donors (Lipinski definition) is 1. The first kappa shape index (κ1) is 16.3. The molecule has 6 nitrogen and oxygen atoms in total. The van der Waals surface area contributed by atoms with E-state index in [0.29, 0.717) is 16.7 Å². The SMILES string of the molecule is CCOC(=O)c1c[nH]c(C(=O)OCC)c1-c1ccc(C#N)cc1. The Labute approximate surface area is 133 Å². The molecule has 0 spiro atoms. The largest absolute Gasteiger partial charge is 0.462 e. The fraction of sp³-hybridized carbons (Fsp3) is 0.235. The number of carbonyl (C=O) groups is 2. The lowest BCUT2D eigenvalue weighted by atomic mass is 10.00. The van der Waals surface area contributed by atoms with E-state index in [0.717, 1.165) is 0 Å². The van der Waals surface area contributed by atoms with Gasteiger partial charge in [-0.3, -0.25) is 0 Å². The zero-order valence-electron chi connectivity index (χ0n) is 12.9. The van der Waals surface area contributed by atoms with E-state index in [9.17, 15) is 9.59 Å². The molecule has 1 aromatic heterocycles. The van der Waals surface area contributed by atoms with Gasteiger partial charge < -0.3 is 14.5 Å². The third-order valence-electron chi connectivity index (χ3n) is 3.16. The van der Waals surface area contributed by atoms with Crippen LogP contribution in [0.4, 0.5) is 0 Å². The van der Waals surface area contributed by atoms with E-state index < -0.39 is 11.9 Å². The summed E-state index contributed by atoms with van der Waals surface area (Å²) in [5.74, 6) is -1.08. The van der Waals surface area contributed by atoms with Gasteiger partial charge in [-0.25, -0.2) is 9.59 Å². The number of carbonyl (C=O) groups excluding carboxylic acids is 2. The molecule has 0 unspecified atom stereocenters. The first-order valence-corrected chi connectivity index (χ1v) is 7.18. The van der Waals surface area contributed by atoms with Gasteiger partial charge in [0.25, 0.3) is 0 Å². The van der Waals surface area contributed by atoms with Crippen LogP contribution in [0.1, 0.15) is 40.3 Å². The molecule has 0 saturated carbocycles. The predicted molar refractivity (Wildman–Crippen MR) is 82.9 cm³/mol. The van der Waals surface area contributed by atoms with Crippen molar-refractivity contribution in [3.63, 3.8) is 0 Å². The molecule has 0 aliphatic carbocycles. The number of aromatic nitrogens is 1. The lowest BCUT2D eigenvalue weighted by Gasteiger charge is -2.07. The Kier molecular flexibility index (Phi) is 5.15. The third kappa shape index (κ3) is 3.40. The highest BCUT2D eigenvalue weighted by Gasteiger charge is 2.24. The highest BCUT2D eigenvalue weighted by Crippen LogP contribution is 2.29. The fourth-order valence-corrected chi connectivity index (χ4v) is 2.17. The summed E-state index contributed by atoms with van der Waals surface area (Å²) in [6.45, 7) is 3.86. The third-order valence-corrected chi connectivity index (χ3v) is 3.16. The molecule has 0 radical (unpaired) electrons. The summed E-state index contributed by atoms with van der Waals surface area (Å²) in [6, 6.07) is 8.61. The van der Waals surface area contributed by atoms with Crippen LogP contribution in [-0.4, -0.2) is 30.1 Å². The summed E-state index contributed by atoms with van der Waals surface area (Å²) in [5.41, 5.74) is 1.95. The van der Waals surface area contributed by atoms with Gasteiger partial charge in [-0.05, 0) is 31.5 Å². The summed E-state index contributed by atoms with van der Waals surface area (Å²) in [4.78, 5) is 27.0. The summed E-state index contributed by atoms with van der Waals surface area (Å²) < 4.78 is 10.0. The Morgan fingerprint density at radius 3 is 2.26 bits per heavy atom. The zero-order valence-corrected chi connectivity index (χ0v) is 12.9. The summed E-state index contributed by atoms with van der Waals surface area (Å²) in [7, 11) is 0. The molecular weight excluding hydrogens is 296 g/mol. The number of benzene rings is 1. The van der Waals surface area contributed by atoms with Crippen molar-refractivity contribution >= 4 is 11.9 Å². The summed E-state index contributed by atoms with van der Waals surface area (Å²) >= 11 is 0. The van der Waals surface area contributed by atoms with Crippen molar-refractivity contribution < 1.29 is 19.1 Å². The molecular formula is C17H16N2O4. The van der Waals surface area contributed by atoms with Gasteiger partial charge in [0.2, 0.25) is 0 Å². The monoisotopic (exact) mass is 312 g/mol. The maximum atomic E-state index is 12.1. The highest BCUT2D eigenvalue weighted by molar-refractivity contribution is 6.05. The van der Waals surface area contributed by atoms with Crippen molar-refractivity contribution in [2.45, 2.75) is 13.8 Å². The average Bonchev–Trinajstić information content (AvgIpc) is 3.00. The van der Waals surface area contributed by atoms with Gasteiger partial charge in [0.05, 0.1) is 30.4 Å². The van der Waals surface area contributed by atoms with Gasteiger partial charge in [0.15, 0.2) is 0 Å². The van der Waals surface area contributed by atoms with Crippen molar-refractivity contribution in [3.05, 3.63) is 47.3 Å². The van der Waals surface area contributed by atoms with Gasteiger partial charge in [-0.15, -0.1) is 0 Å². The lowest BCUT2D eigenvalue weighted by molar-refractivity contribution is 0.0519. The molecule has 118 valence electrons. The van der Waals surface area contributed by atoms with Crippen LogP contribution in [0.2, 0.25) is 0 Å². The zero-order chi connectivity index (χ0) is 16.8. The minimum Gasteiger partial charge on any atom is -0.462 e. The molecule has 0 saturated heterocycles. The molecule has 0 fully saturated rings. The van der Waals surface area contributed by atoms with E-state index in [1.165, 1.54) is 6.20 Å². The highest BCUT2D eigenvalue weighted by atomic mass is 16.5. The quantitative estimate of drug-likeness (QED) is 0.857. The van der Waals surface area contributed by atoms with E-state index in [4.69, 9.17) is 14.7 Å². The molecule has 1 N–H and O–H groups in total. The molecule has 0 aliphatic rings. The minimum absolute atomic E-state index is 0.180. The number of nitriles is 1. The Balaban J connectivity index is 2.55. The molecule has 0 amide bonds. The first-order chi connectivity index (χ1) is 11.1. The van der Waals surface area contributed by atoms with Crippen molar-refractivity contribution in [1.82, 2.24) is 4.98 Å². The van der Waals surface area contributed by atoms with Gasteiger partial charge in [-0.2, -0.15) is 5.26 Å². The molecule has 23 heavy (non-hydrogen) atoms. The standard InChI is InChI=1S/C17H16N2O4/c1-3-22-16(20)13-10-19-15(17(21)23-4-2)14(13)12-7-5-11(9-18)6-8-12/h5-8,10,19H,3-4H2,1-2H3. The molecule has 0 atom stereocenters. The summed E-state index contributed by atoms with van der Waals surface area (Å²) in [6.07, 6.45) is 1.43. The van der Waals surface area contributed by atoms with E-state index in [2.05, 4.69) is 4.98 Å². The van der Waals surface area contributed by atoms with Gasteiger partial charge in [0.1, 0.15) is 5.69 Å². The molecule has 1 heterocycles. The Morgan fingerprint density at radius 1 is 1.09 bits per heavy atom. The van der Waals surface area contributed by atoms with Gasteiger partial charge in [0, 0.05) is 11.8 Å².